The van der Waals surface area contributed by atoms with Crippen LogP contribution in [-0.2, 0) is 0 Å². The predicted molar refractivity (Wildman–Crippen MR) is 81.0 cm³/mol. The molecule has 3 N–H and O–H groups in total. The second kappa shape index (κ2) is 6.30. The van der Waals surface area contributed by atoms with Crippen LogP contribution in [0.15, 0.2) is 18.2 Å². The highest BCUT2D eigenvalue weighted by molar-refractivity contribution is 7.80. The summed E-state index contributed by atoms with van der Waals surface area (Å²) in [6.45, 7) is 6.45. The highest BCUT2D eigenvalue weighted by atomic mass is 32.1. The van der Waals surface area contributed by atoms with E-state index < -0.39 is 0 Å². The average Bonchev–Trinajstić information content (AvgIpc) is 2.84. The summed E-state index contributed by atoms with van der Waals surface area (Å²) in [5.41, 5.74) is 6.52. The van der Waals surface area contributed by atoms with Crippen LogP contribution in [0.25, 0.3) is 0 Å². The first-order chi connectivity index (χ1) is 9.10. The van der Waals surface area contributed by atoms with E-state index in [1.54, 1.807) is 6.07 Å². The van der Waals surface area contributed by atoms with E-state index in [2.05, 4.69) is 17.1 Å². The van der Waals surface area contributed by atoms with Crippen molar-refractivity contribution in [3.05, 3.63) is 29.6 Å². The zero-order chi connectivity index (χ0) is 13.8. The monoisotopic (exact) mass is 281 g/mol. The number of hydrogen-bond acceptors (Lipinski definition) is 3. The van der Waals surface area contributed by atoms with Gasteiger partial charge in [-0.05, 0) is 43.6 Å². The molecule has 0 aliphatic carbocycles. The van der Waals surface area contributed by atoms with E-state index in [0.29, 0.717) is 11.5 Å². The molecule has 1 heterocycles. The van der Waals surface area contributed by atoms with Crippen LogP contribution in [0.3, 0.4) is 0 Å². The van der Waals surface area contributed by atoms with Crippen LogP contribution in [0, 0.1) is 11.7 Å². The summed E-state index contributed by atoms with van der Waals surface area (Å²) < 4.78 is 13.7. The molecule has 0 saturated carbocycles. The largest absolute Gasteiger partial charge is 0.389 e. The molecular formula is C14H20FN3S. The number of halogens is 1. The minimum absolute atomic E-state index is 0.0958. The van der Waals surface area contributed by atoms with Crippen molar-refractivity contribution in [3.63, 3.8) is 0 Å². The number of benzene rings is 1. The van der Waals surface area contributed by atoms with Crippen molar-refractivity contribution in [3.8, 4) is 0 Å². The summed E-state index contributed by atoms with van der Waals surface area (Å²) in [4.78, 5) is 2.53. The Kier molecular flexibility index (Phi) is 4.71. The normalized spacial score (nSPS) is 19.6. The van der Waals surface area contributed by atoms with Crippen LogP contribution in [0.1, 0.15) is 18.9 Å². The van der Waals surface area contributed by atoms with Crippen molar-refractivity contribution in [2.24, 2.45) is 11.7 Å². The van der Waals surface area contributed by atoms with E-state index in [0.717, 1.165) is 31.9 Å². The molecule has 19 heavy (non-hydrogen) atoms. The molecule has 1 aliphatic heterocycles. The Labute approximate surface area is 119 Å². The minimum atomic E-state index is -0.362. The van der Waals surface area contributed by atoms with Crippen LogP contribution >= 0.6 is 12.2 Å². The standard InChI is InChI=1S/C14H20FN3S/c1-2-18-6-5-10(9-18)8-17-11-3-4-12(14(16)19)13(15)7-11/h3-4,7,10,17H,2,5-6,8-9H2,1H3,(H2,16,19). The van der Waals surface area contributed by atoms with Gasteiger partial charge < -0.3 is 16.0 Å². The third-order valence-corrected chi connectivity index (χ3v) is 3.87. The van der Waals surface area contributed by atoms with Crippen LogP contribution in [0.2, 0.25) is 0 Å². The third kappa shape index (κ3) is 3.64. The van der Waals surface area contributed by atoms with Crippen LogP contribution < -0.4 is 11.1 Å². The highest BCUT2D eigenvalue weighted by Gasteiger charge is 2.20. The van der Waals surface area contributed by atoms with Gasteiger partial charge in [-0.1, -0.05) is 19.1 Å². The Morgan fingerprint density at radius 1 is 1.58 bits per heavy atom. The topological polar surface area (TPSA) is 41.3 Å². The van der Waals surface area contributed by atoms with Gasteiger partial charge in [0, 0.05) is 24.3 Å². The maximum Gasteiger partial charge on any atom is 0.135 e. The van der Waals surface area contributed by atoms with Crippen LogP contribution in [0.5, 0.6) is 0 Å². The summed E-state index contributed by atoms with van der Waals surface area (Å²) in [7, 11) is 0. The smallest absolute Gasteiger partial charge is 0.135 e. The quantitative estimate of drug-likeness (QED) is 0.812. The lowest BCUT2D eigenvalue weighted by Gasteiger charge is -2.14. The van der Waals surface area contributed by atoms with E-state index in [-0.39, 0.29) is 10.8 Å². The van der Waals surface area contributed by atoms with Crippen molar-refractivity contribution in [1.82, 2.24) is 4.90 Å². The molecule has 1 saturated heterocycles. The first-order valence-electron chi connectivity index (χ1n) is 6.65. The molecule has 0 amide bonds. The molecule has 0 radical (unpaired) electrons. The number of nitrogens with two attached hydrogens (primary N) is 1. The summed E-state index contributed by atoms with van der Waals surface area (Å²) in [6.07, 6.45) is 1.20. The van der Waals surface area contributed by atoms with Gasteiger partial charge in [0.2, 0.25) is 0 Å². The molecule has 1 fully saturated rings. The van der Waals surface area contributed by atoms with Gasteiger partial charge in [-0.3, -0.25) is 0 Å². The van der Waals surface area contributed by atoms with Gasteiger partial charge in [0.05, 0.1) is 0 Å². The van der Waals surface area contributed by atoms with Gasteiger partial charge >= 0.3 is 0 Å². The van der Waals surface area contributed by atoms with Crippen molar-refractivity contribution < 1.29 is 4.39 Å². The maximum atomic E-state index is 13.7. The molecule has 1 unspecified atom stereocenters. The molecule has 1 aromatic rings. The van der Waals surface area contributed by atoms with E-state index in [4.69, 9.17) is 18.0 Å². The molecule has 1 aromatic carbocycles. The maximum absolute atomic E-state index is 13.7. The second-order valence-corrected chi connectivity index (χ2v) is 5.43. The molecule has 0 aromatic heterocycles. The number of likely N-dealkylation sites (tertiary alicyclic amines) is 1. The molecule has 0 spiro atoms. The van der Waals surface area contributed by atoms with Gasteiger partial charge in [0.1, 0.15) is 10.8 Å². The van der Waals surface area contributed by atoms with Crippen LogP contribution in [-0.4, -0.2) is 36.1 Å². The molecule has 0 bridgehead atoms. The van der Waals surface area contributed by atoms with E-state index in [9.17, 15) is 4.39 Å². The van der Waals surface area contributed by atoms with E-state index in [1.165, 1.54) is 12.5 Å². The van der Waals surface area contributed by atoms with Crippen molar-refractivity contribution in [2.45, 2.75) is 13.3 Å². The Morgan fingerprint density at radius 3 is 2.95 bits per heavy atom. The van der Waals surface area contributed by atoms with Crippen molar-refractivity contribution >= 4 is 22.9 Å². The fourth-order valence-electron chi connectivity index (χ4n) is 2.45. The Balaban J connectivity index is 1.90. The van der Waals surface area contributed by atoms with Gasteiger partial charge in [0.15, 0.2) is 0 Å². The lowest BCUT2D eigenvalue weighted by atomic mass is 10.1. The Morgan fingerprint density at radius 2 is 2.37 bits per heavy atom. The number of rotatable bonds is 5. The predicted octanol–water partition coefficient (Wildman–Crippen LogP) is 2.21. The van der Waals surface area contributed by atoms with Crippen molar-refractivity contribution in [1.29, 1.82) is 0 Å². The van der Waals surface area contributed by atoms with Gasteiger partial charge in [-0.2, -0.15) is 0 Å². The summed E-state index contributed by atoms with van der Waals surface area (Å²) in [6, 6.07) is 4.91. The molecule has 3 nitrogen and oxygen atoms in total. The number of hydrogen-bond donors (Lipinski definition) is 2. The fourth-order valence-corrected chi connectivity index (χ4v) is 2.62. The minimum Gasteiger partial charge on any atom is -0.389 e. The first-order valence-corrected chi connectivity index (χ1v) is 7.06. The molecular weight excluding hydrogens is 261 g/mol. The molecule has 104 valence electrons. The van der Waals surface area contributed by atoms with Gasteiger partial charge in [0.25, 0.3) is 0 Å². The number of nitrogens with one attached hydrogen (secondary N) is 1. The Bertz CT molecular complexity index is 464. The highest BCUT2D eigenvalue weighted by Crippen LogP contribution is 2.18. The summed E-state index contributed by atoms with van der Waals surface area (Å²) in [5.74, 6) is 0.275. The molecule has 1 aliphatic rings. The summed E-state index contributed by atoms with van der Waals surface area (Å²) >= 11 is 4.78. The third-order valence-electron chi connectivity index (χ3n) is 3.65. The van der Waals surface area contributed by atoms with Gasteiger partial charge in [-0.25, -0.2) is 4.39 Å². The lowest BCUT2D eigenvalue weighted by Crippen LogP contribution is -2.22. The molecule has 2 rings (SSSR count). The second-order valence-electron chi connectivity index (χ2n) is 4.99. The lowest BCUT2D eigenvalue weighted by molar-refractivity contribution is 0.345. The number of thiocarbonyl (C=S) groups is 1. The molecule has 1 atom stereocenters. The Hall–Kier alpha value is -1.20. The first kappa shape index (κ1) is 14.2. The van der Waals surface area contributed by atoms with Crippen molar-refractivity contribution in [2.75, 3.05) is 31.5 Å². The zero-order valence-electron chi connectivity index (χ0n) is 11.2. The fraction of sp³-hybridized carbons (Fsp3) is 0.500. The number of nitrogens with zero attached hydrogens (tertiary/aromatic N) is 1. The van der Waals surface area contributed by atoms with E-state index in [1.807, 2.05) is 6.07 Å². The molecule has 5 heteroatoms. The SMILES string of the molecule is CCN1CCC(CNc2ccc(C(N)=S)c(F)c2)C1. The summed E-state index contributed by atoms with van der Waals surface area (Å²) in [5, 5.41) is 3.29. The average molecular weight is 281 g/mol. The van der Waals surface area contributed by atoms with E-state index >= 15 is 0 Å². The number of anilines is 1. The van der Waals surface area contributed by atoms with Crippen LogP contribution in [0.4, 0.5) is 10.1 Å². The zero-order valence-corrected chi connectivity index (χ0v) is 12.0. The van der Waals surface area contributed by atoms with Gasteiger partial charge in [-0.15, -0.1) is 0 Å².